The number of fused-ring (bicyclic) bond motifs is 1. The molecule has 0 radical (unpaired) electrons. The molecule has 11 nitrogen and oxygen atoms in total. The van der Waals surface area contributed by atoms with Crippen LogP contribution < -0.4 is 15.6 Å². The summed E-state index contributed by atoms with van der Waals surface area (Å²) in [6.07, 6.45) is 0.631. The molecule has 0 aliphatic carbocycles. The van der Waals surface area contributed by atoms with Gasteiger partial charge in [0.05, 0.1) is 19.5 Å². The highest BCUT2D eigenvalue weighted by Crippen LogP contribution is 2.42. The Kier molecular flexibility index (Phi) is 9.71. The van der Waals surface area contributed by atoms with Crippen LogP contribution in [0.2, 0.25) is 18.1 Å². The van der Waals surface area contributed by atoms with Gasteiger partial charge in [-0.25, -0.2) is 4.98 Å². The highest BCUT2D eigenvalue weighted by Gasteiger charge is 2.46. The molecule has 3 heterocycles. The van der Waals surface area contributed by atoms with Crippen LogP contribution >= 0.6 is 0 Å². The molecule has 0 unspecified atom stereocenters. The van der Waals surface area contributed by atoms with E-state index in [1.165, 1.54) is 6.92 Å². The lowest BCUT2D eigenvalue weighted by Gasteiger charge is -2.39. The zero-order valence-electron chi connectivity index (χ0n) is 29.6. The molecule has 5 aromatic rings. The Balaban J connectivity index is 1.44. The molecule has 50 heavy (non-hydrogen) atoms. The predicted molar refractivity (Wildman–Crippen MR) is 195 cm³/mol. The van der Waals surface area contributed by atoms with Gasteiger partial charge in [0.25, 0.3) is 5.56 Å². The Morgan fingerprint density at radius 1 is 0.980 bits per heavy atom. The average molecular weight is 696 g/mol. The number of nitrogens with zero attached hydrogens (tertiary/aromatic N) is 3. The normalized spacial score (nSPS) is 18.3. The number of anilines is 1. The van der Waals surface area contributed by atoms with Crippen LogP contribution in [0.25, 0.3) is 11.2 Å². The summed E-state index contributed by atoms with van der Waals surface area (Å²) in [5.41, 5.74) is 1.94. The van der Waals surface area contributed by atoms with E-state index in [1.54, 1.807) is 18.0 Å². The second-order valence-electron chi connectivity index (χ2n) is 14.2. The van der Waals surface area contributed by atoms with Crippen molar-refractivity contribution < 1.29 is 23.4 Å². The second-order valence-corrected chi connectivity index (χ2v) is 18.9. The first-order valence-corrected chi connectivity index (χ1v) is 19.7. The molecule has 0 spiro atoms. The molecule has 1 fully saturated rings. The lowest BCUT2D eigenvalue weighted by Crippen LogP contribution is -2.46. The van der Waals surface area contributed by atoms with E-state index in [0.29, 0.717) is 12.1 Å². The summed E-state index contributed by atoms with van der Waals surface area (Å²) < 4.78 is 26.0. The van der Waals surface area contributed by atoms with E-state index >= 15 is 0 Å². The number of imidazole rings is 1. The summed E-state index contributed by atoms with van der Waals surface area (Å²) in [6.45, 7) is 12.3. The molecule has 262 valence electrons. The van der Waals surface area contributed by atoms with Crippen molar-refractivity contribution in [3.63, 3.8) is 0 Å². The van der Waals surface area contributed by atoms with Crippen molar-refractivity contribution in [3.8, 4) is 5.75 Å². The molecule has 0 amide bonds. The number of nitrogens with one attached hydrogen (secondary N) is 2. The van der Waals surface area contributed by atoms with Gasteiger partial charge in [0.2, 0.25) is 5.95 Å². The number of ether oxygens (including phenoxy) is 3. The van der Waals surface area contributed by atoms with Gasteiger partial charge in [-0.15, -0.1) is 0 Å². The van der Waals surface area contributed by atoms with Gasteiger partial charge in [0.1, 0.15) is 30.2 Å². The standard InChI is InChI=1S/C38H45N5O6Si/c1-25(44)47-23-31-30(49-50(6,7)37(2,3)4)22-32(48-31)43-24-39-33-34(43)40-36(41-35(33)45)42-38(26-14-10-8-11-15-26,27-16-12-9-13-17-27)28-18-20-29(46-5)21-19-28/h8-21,24,30-32H,22-23H2,1-7H3,(H2,40,41,42,45)/t30-,31+,32+/m0/s1. The first-order chi connectivity index (χ1) is 23.8. The van der Waals surface area contributed by atoms with Gasteiger partial charge in [-0.2, -0.15) is 4.98 Å². The van der Waals surface area contributed by atoms with E-state index in [0.717, 1.165) is 22.4 Å². The highest BCUT2D eigenvalue weighted by molar-refractivity contribution is 6.74. The number of rotatable bonds is 11. The molecule has 2 aromatic heterocycles. The van der Waals surface area contributed by atoms with Gasteiger partial charge < -0.3 is 24.0 Å². The van der Waals surface area contributed by atoms with Crippen molar-refractivity contribution in [2.24, 2.45) is 0 Å². The number of H-pyrrole nitrogens is 1. The predicted octanol–water partition coefficient (Wildman–Crippen LogP) is 6.77. The van der Waals surface area contributed by atoms with Crippen LogP contribution in [-0.4, -0.2) is 59.7 Å². The Hall–Kier alpha value is -4.78. The van der Waals surface area contributed by atoms with Crippen LogP contribution in [0.3, 0.4) is 0 Å². The second kappa shape index (κ2) is 13.9. The first kappa shape index (κ1) is 35.1. The summed E-state index contributed by atoms with van der Waals surface area (Å²) in [5.74, 6) is 0.577. The topological polar surface area (TPSA) is 130 Å². The summed E-state index contributed by atoms with van der Waals surface area (Å²) in [7, 11) is -0.582. The van der Waals surface area contributed by atoms with Crippen molar-refractivity contribution in [2.75, 3.05) is 19.0 Å². The number of methoxy groups -OCH3 is 1. The van der Waals surface area contributed by atoms with Crippen LogP contribution in [0.4, 0.5) is 5.95 Å². The maximum atomic E-state index is 13.7. The van der Waals surface area contributed by atoms with Gasteiger partial charge in [0.15, 0.2) is 19.5 Å². The smallest absolute Gasteiger partial charge is 0.302 e. The van der Waals surface area contributed by atoms with E-state index in [2.05, 4.69) is 49.1 Å². The fourth-order valence-corrected chi connectivity index (χ4v) is 7.57. The fraction of sp³-hybridized carbons (Fsp3) is 0.368. The third kappa shape index (κ3) is 6.83. The van der Waals surface area contributed by atoms with Gasteiger partial charge >= 0.3 is 5.97 Å². The molecular weight excluding hydrogens is 651 g/mol. The minimum atomic E-state index is -2.22. The van der Waals surface area contributed by atoms with Gasteiger partial charge in [-0.1, -0.05) is 93.6 Å². The summed E-state index contributed by atoms with van der Waals surface area (Å²) >= 11 is 0. The molecule has 0 bridgehead atoms. The van der Waals surface area contributed by atoms with Gasteiger partial charge in [0, 0.05) is 13.3 Å². The summed E-state index contributed by atoms with van der Waals surface area (Å²) in [5, 5.41) is 3.61. The van der Waals surface area contributed by atoms with E-state index in [4.69, 9.17) is 23.6 Å². The van der Waals surface area contributed by atoms with Crippen LogP contribution in [0.15, 0.2) is 96.1 Å². The van der Waals surface area contributed by atoms with Crippen molar-refractivity contribution >= 4 is 31.4 Å². The maximum Gasteiger partial charge on any atom is 0.302 e. The largest absolute Gasteiger partial charge is 0.497 e. The fourth-order valence-electron chi connectivity index (χ4n) is 6.21. The molecule has 6 rings (SSSR count). The number of carbonyl (C=O) groups is 1. The van der Waals surface area contributed by atoms with Crippen LogP contribution in [0.5, 0.6) is 5.75 Å². The van der Waals surface area contributed by atoms with Crippen molar-refractivity contribution in [3.05, 3.63) is 118 Å². The minimum Gasteiger partial charge on any atom is -0.497 e. The van der Waals surface area contributed by atoms with Crippen LogP contribution in [0.1, 0.15) is 57.0 Å². The highest BCUT2D eigenvalue weighted by atomic mass is 28.4. The van der Waals surface area contributed by atoms with Gasteiger partial charge in [-0.3, -0.25) is 19.1 Å². The Morgan fingerprint density at radius 2 is 1.58 bits per heavy atom. The average Bonchev–Trinajstić information content (AvgIpc) is 3.70. The van der Waals surface area contributed by atoms with Crippen molar-refractivity contribution in [2.45, 2.75) is 76.2 Å². The molecule has 0 saturated carbocycles. The number of carbonyl (C=O) groups excluding carboxylic acids is 1. The molecule has 3 aromatic carbocycles. The lowest BCUT2D eigenvalue weighted by atomic mass is 9.77. The number of aromatic nitrogens is 4. The van der Waals surface area contributed by atoms with Crippen molar-refractivity contribution in [1.82, 2.24) is 19.5 Å². The number of aromatic amines is 1. The van der Waals surface area contributed by atoms with Gasteiger partial charge in [-0.05, 0) is 47.0 Å². The Labute approximate surface area is 293 Å². The SMILES string of the molecule is COc1ccc(C(Nc2nc3c(ncn3[C@H]3C[C@H](O[Si](C)(C)C(C)(C)C)[C@@H](COC(C)=O)O3)c(=O)[nH]2)(c2ccccc2)c2ccccc2)cc1. The molecule has 12 heteroatoms. The third-order valence-electron chi connectivity index (χ3n) is 9.87. The summed E-state index contributed by atoms with van der Waals surface area (Å²) in [6, 6.07) is 27.9. The summed E-state index contributed by atoms with van der Waals surface area (Å²) in [4.78, 5) is 37.8. The Bertz CT molecular complexity index is 1950. The third-order valence-corrected chi connectivity index (χ3v) is 14.4. The zero-order chi connectivity index (χ0) is 35.7. The molecule has 3 atom stereocenters. The number of hydrogen-bond acceptors (Lipinski definition) is 9. The molecule has 1 aliphatic rings. The molecular formula is C38H45N5O6Si. The first-order valence-electron chi connectivity index (χ1n) is 16.8. The van der Waals surface area contributed by atoms with E-state index in [-0.39, 0.29) is 29.2 Å². The van der Waals surface area contributed by atoms with Crippen LogP contribution in [-0.2, 0) is 24.2 Å². The Morgan fingerprint density at radius 3 is 2.14 bits per heavy atom. The maximum absolute atomic E-state index is 13.7. The minimum absolute atomic E-state index is 0.0396. The van der Waals surface area contributed by atoms with E-state index in [1.807, 2.05) is 84.9 Å². The number of hydrogen-bond donors (Lipinski definition) is 2. The molecule has 1 saturated heterocycles. The quantitative estimate of drug-likeness (QED) is 0.0874. The van der Waals surface area contributed by atoms with E-state index < -0.39 is 37.7 Å². The van der Waals surface area contributed by atoms with E-state index in [9.17, 15) is 9.59 Å². The monoisotopic (exact) mass is 695 g/mol. The molecule has 1 aliphatic heterocycles. The van der Waals surface area contributed by atoms with Crippen LogP contribution in [0, 0.1) is 0 Å². The molecule has 2 N–H and O–H groups in total. The zero-order valence-corrected chi connectivity index (χ0v) is 30.6. The van der Waals surface area contributed by atoms with Crippen molar-refractivity contribution in [1.29, 1.82) is 0 Å². The lowest BCUT2D eigenvalue weighted by molar-refractivity contribution is -0.147. The number of benzene rings is 3. The number of esters is 1.